The number of aryl methyl sites for hydroxylation is 1. The second kappa shape index (κ2) is 8.27. The number of pyridine rings is 1. The highest BCUT2D eigenvalue weighted by atomic mass is 16.2. The van der Waals surface area contributed by atoms with Crippen molar-refractivity contribution in [3.8, 4) is 0 Å². The molecule has 0 spiro atoms. The fourth-order valence-electron chi connectivity index (χ4n) is 3.85. The van der Waals surface area contributed by atoms with Crippen LogP contribution < -0.4 is 5.32 Å². The lowest BCUT2D eigenvalue weighted by molar-refractivity contribution is -0.130. The second-order valence-electron chi connectivity index (χ2n) is 6.99. The number of hydrogen-bond acceptors (Lipinski definition) is 3. The molecular weight excluding hydrogens is 302 g/mol. The van der Waals surface area contributed by atoms with Crippen LogP contribution in [0, 0.1) is 5.92 Å². The van der Waals surface area contributed by atoms with Gasteiger partial charge in [-0.05, 0) is 37.3 Å². The summed E-state index contributed by atoms with van der Waals surface area (Å²) in [5.41, 5.74) is 1.19. The van der Waals surface area contributed by atoms with Crippen LogP contribution in [0.3, 0.4) is 0 Å². The molecule has 1 aliphatic carbocycles. The molecule has 3 rings (SSSR count). The Morgan fingerprint density at radius 3 is 2.88 bits per heavy atom. The average Bonchev–Trinajstić information content (AvgIpc) is 3.02. The zero-order chi connectivity index (χ0) is 16.8. The standard InChI is InChI=1S/C19H27N3O2/c23-18-12-16(14-22(18)17-8-2-1-3-9-17)19(24)21-11-5-7-15-6-4-10-20-13-15/h4,6,10,13,16-17H,1-3,5,7-9,11-12,14H2,(H,21,24). The Kier molecular flexibility index (Phi) is 5.83. The number of carbonyl (C=O) groups is 2. The zero-order valence-corrected chi connectivity index (χ0v) is 14.2. The van der Waals surface area contributed by atoms with Crippen molar-refractivity contribution in [2.24, 2.45) is 5.92 Å². The molecule has 1 aliphatic heterocycles. The highest BCUT2D eigenvalue weighted by Gasteiger charge is 2.37. The van der Waals surface area contributed by atoms with E-state index >= 15 is 0 Å². The topological polar surface area (TPSA) is 62.3 Å². The van der Waals surface area contributed by atoms with E-state index in [-0.39, 0.29) is 17.7 Å². The third-order valence-electron chi connectivity index (χ3n) is 5.21. The summed E-state index contributed by atoms with van der Waals surface area (Å²) in [5, 5.41) is 3.00. The molecule has 2 heterocycles. The van der Waals surface area contributed by atoms with Gasteiger partial charge < -0.3 is 10.2 Å². The highest BCUT2D eigenvalue weighted by Crippen LogP contribution is 2.28. The summed E-state index contributed by atoms with van der Waals surface area (Å²) >= 11 is 0. The number of aromatic nitrogens is 1. The van der Waals surface area contributed by atoms with Gasteiger partial charge in [0.1, 0.15) is 0 Å². The van der Waals surface area contributed by atoms with Crippen molar-refractivity contribution >= 4 is 11.8 Å². The molecule has 1 saturated heterocycles. The van der Waals surface area contributed by atoms with Crippen molar-refractivity contribution in [3.05, 3.63) is 30.1 Å². The first-order chi connectivity index (χ1) is 11.7. The number of hydrogen-bond donors (Lipinski definition) is 1. The van der Waals surface area contributed by atoms with Crippen molar-refractivity contribution in [2.75, 3.05) is 13.1 Å². The third kappa shape index (κ3) is 4.34. The van der Waals surface area contributed by atoms with Gasteiger partial charge >= 0.3 is 0 Å². The van der Waals surface area contributed by atoms with Crippen LogP contribution in [0.25, 0.3) is 0 Å². The van der Waals surface area contributed by atoms with Gasteiger partial charge in [0.2, 0.25) is 11.8 Å². The number of carbonyl (C=O) groups excluding carboxylic acids is 2. The number of amides is 2. The smallest absolute Gasteiger partial charge is 0.225 e. The molecule has 1 aromatic heterocycles. The van der Waals surface area contributed by atoms with E-state index in [1.165, 1.54) is 24.8 Å². The van der Waals surface area contributed by atoms with E-state index in [1.807, 2.05) is 23.2 Å². The van der Waals surface area contributed by atoms with Crippen LogP contribution in [0.15, 0.2) is 24.5 Å². The van der Waals surface area contributed by atoms with Gasteiger partial charge in [-0.3, -0.25) is 14.6 Å². The van der Waals surface area contributed by atoms with E-state index in [0.29, 0.717) is 25.6 Å². The number of nitrogens with one attached hydrogen (secondary N) is 1. The lowest BCUT2D eigenvalue weighted by Gasteiger charge is -2.31. The summed E-state index contributed by atoms with van der Waals surface area (Å²) < 4.78 is 0. The molecule has 0 radical (unpaired) electrons. The van der Waals surface area contributed by atoms with Crippen molar-refractivity contribution in [3.63, 3.8) is 0 Å². The van der Waals surface area contributed by atoms with Crippen LogP contribution in [-0.4, -0.2) is 40.8 Å². The first kappa shape index (κ1) is 16.9. The maximum atomic E-state index is 12.3. The molecule has 2 aliphatic rings. The Morgan fingerprint density at radius 2 is 2.12 bits per heavy atom. The van der Waals surface area contributed by atoms with Crippen LogP contribution in [0.4, 0.5) is 0 Å². The summed E-state index contributed by atoms with van der Waals surface area (Å²) in [4.78, 5) is 30.6. The van der Waals surface area contributed by atoms with Gasteiger partial charge in [-0.25, -0.2) is 0 Å². The largest absolute Gasteiger partial charge is 0.356 e. The van der Waals surface area contributed by atoms with Crippen LogP contribution in [0.1, 0.15) is 50.5 Å². The molecule has 1 N–H and O–H groups in total. The number of nitrogens with zero attached hydrogens (tertiary/aromatic N) is 2. The number of likely N-dealkylation sites (tertiary alicyclic amines) is 1. The molecule has 2 amide bonds. The Bertz CT molecular complexity index is 555. The zero-order valence-electron chi connectivity index (χ0n) is 14.2. The summed E-state index contributed by atoms with van der Waals surface area (Å²) in [6.45, 7) is 1.26. The summed E-state index contributed by atoms with van der Waals surface area (Å²) in [6, 6.07) is 4.35. The molecule has 1 unspecified atom stereocenters. The maximum Gasteiger partial charge on any atom is 0.225 e. The van der Waals surface area contributed by atoms with E-state index in [4.69, 9.17) is 0 Å². The molecule has 5 heteroatoms. The van der Waals surface area contributed by atoms with Crippen molar-refractivity contribution in [1.82, 2.24) is 15.2 Å². The van der Waals surface area contributed by atoms with Crippen molar-refractivity contribution in [2.45, 2.75) is 57.4 Å². The molecule has 1 atom stereocenters. The van der Waals surface area contributed by atoms with E-state index in [0.717, 1.165) is 25.7 Å². The van der Waals surface area contributed by atoms with Gasteiger partial charge in [0.15, 0.2) is 0 Å². The average molecular weight is 329 g/mol. The predicted octanol–water partition coefficient (Wildman–Crippen LogP) is 2.31. The molecule has 24 heavy (non-hydrogen) atoms. The number of rotatable bonds is 6. The van der Waals surface area contributed by atoms with Gasteiger partial charge in [0, 0.05) is 37.9 Å². The van der Waals surface area contributed by atoms with E-state index in [1.54, 1.807) is 6.20 Å². The normalized spacial score (nSPS) is 21.9. The van der Waals surface area contributed by atoms with Gasteiger partial charge in [-0.15, -0.1) is 0 Å². The highest BCUT2D eigenvalue weighted by molar-refractivity contribution is 5.89. The fraction of sp³-hybridized carbons (Fsp3) is 0.632. The first-order valence-corrected chi connectivity index (χ1v) is 9.20. The van der Waals surface area contributed by atoms with E-state index in [2.05, 4.69) is 10.3 Å². The monoisotopic (exact) mass is 329 g/mol. The van der Waals surface area contributed by atoms with Crippen LogP contribution in [-0.2, 0) is 16.0 Å². The Labute approximate surface area is 143 Å². The summed E-state index contributed by atoms with van der Waals surface area (Å²) in [7, 11) is 0. The Balaban J connectivity index is 1.40. The van der Waals surface area contributed by atoms with Crippen molar-refractivity contribution < 1.29 is 9.59 Å². The van der Waals surface area contributed by atoms with Crippen LogP contribution in [0.5, 0.6) is 0 Å². The third-order valence-corrected chi connectivity index (χ3v) is 5.21. The minimum atomic E-state index is -0.169. The molecule has 1 saturated carbocycles. The molecule has 130 valence electrons. The predicted molar refractivity (Wildman–Crippen MR) is 92.3 cm³/mol. The van der Waals surface area contributed by atoms with Gasteiger partial charge in [0.25, 0.3) is 0 Å². The van der Waals surface area contributed by atoms with Gasteiger partial charge in [-0.1, -0.05) is 25.3 Å². The van der Waals surface area contributed by atoms with Crippen LogP contribution >= 0.6 is 0 Å². The first-order valence-electron chi connectivity index (χ1n) is 9.20. The summed E-state index contributed by atoms with van der Waals surface area (Å²) in [6.07, 6.45) is 11.7. The van der Waals surface area contributed by atoms with Crippen LogP contribution in [0.2, 0.25) is 0 Å². The quantitative estimate of drug-likeness (QED) is 0.815. The molecule has 2 fully saturated rings. The molecule has 5 nitrogen and oxygen atoms in total. The molecular formula is C19H27N3O2. The van der Waals surface area contributed by atoms with Gasteiger partial charge in [0.05, 0.1) is 5.92 Å². The lowest BCUT2D eigenvalue weighted by atomic mass is 9.94. The molecule has 0 bridgehead atoms. The van der Waals surface area contributed by atoms with Crippen molar-refractivity contribution in [1.29, 1.82) is 0 Å². The van der Waals surface area contributed by atoms with E-state index < -0.39 is 0 Å². The minimum Gasteiger partial charge on any atom is -0.356 e. The SMILES string of the molecule is O=C(NCCCc1cccnc1)C1CC(=O)N(C2CCCCC2)C1. The molecule has 1 aromatic rings. The molecule has 0 aromatic carbocycles. The fourth-order valence-corrected chi connectivity index (χ4v) is 3.85. The minimum absolute atomic E-state index is 0.0350. The Morgan fingerprint density at radius 1 is 1.29 bits per heavy atom. The van der Waals surface area contributed by atoms with Gasteiger partial charge in [-0.2, -0.15) is 0 Å². The maximum absolute atomic E-state index is 12.3. The van der Waals surface area contributed by atoms with E-state index in [9.17, 15) is 9.59 Å². The Hall–Kier alpha value is -1.91. The lowest BCUT2D eigenvalue weighted by Crippen LogP contribution is -2.39. The summed E-state index contributed by atoms with van der Waals surface area (Å²) in [5.74, 6) is 0.0306. The second-order valence-corrected chi connectivity index (χ2v) is 6.99.